The van der Waals surface area contributed by atoms with Crippen LogP contribution in [0.2, 0.25) is 0 Å². The maximum atomic E-state index is 12.4. The number of ether oxygens (including phenoxy) is 3. The molecule has 2 aromatic carbocycles. The topological polar surface area (TPSA) is 80.9 Å². The van der Waals surface area contributed by atoms with Gasteiger partial charge in [-0.05, 0) is 61.5 Å². The van der Waals surface area contributed by atoms with Crippen molar-refractivity contribution in [1.82, 2.24) is 16.2 Å². The molecule has 7 nitrogen and oxygen atoms in total. The van der Waals surface area contributed by atoms with Crippen LogP contribution >= 0.6 is 12.2 Å². The first-order chi connectivity index (χ1) is 14.1. The van der Waals surface area contributed by atoms with Gasteiger partial charge < -0.3 is 19.5 Å². The number of carbonyl (C=O) groups is 1. The van der Waals surface area contributed by atoms with Crippen LogP contribution in [0.1, 0.15) is 36.2 Å². The van der Waals surface area contributed by atoms with Crippen molar-refractivity contribution < 1.29 is 19.0 Å². The maximum absolute atomic E-state index is 12.4. The third-order valence-electron chi connectivity index (χ3n) is 3.87. The molecule has 0 atom stereocenters. The van der Waals surface area contributed by atoms with Crippen molar-refractivity contribution in [2.24, 2.45) is 0 Å². The van der Waals surface area contributed by atoms with Gasteiger partial charge in [0.1, 0.15) is 5.75 Å². The molecule has 0 aliphatic heterocycles. The van der Waals surface area contributed by atoms with Crippen LogP contribution in [0.4, 0.5) is 0 Å². The van der Waals surface area contributed by atoms with Crippen molar-refractivity contribution in [2.45, 2.75) is 26.8 Å². The van der Waals surface area contributed by atoms with Gasteiger partial charge in [0, 0.05) is 12.1 Å². The molecule has 0 aliphatic carbocycles. The number of hydrogen-bond donors (Lipinski definition) is 3. The molecule has 0 unspecified atom stereocenters. The minimum absolute atomic E-state index is 0.307. The van der Waals surface area contributed by atoms with Gasteiger partial charge in [0.05, 0.1) is 20.3 Å². The number of benzene rings is 2. The van der Waals surface area contributed by atoms with Gasteiger partial charge in [-0.15, -0.1) is 0 Å². The van der Waals surface area contributed by atoms with Crippen molar-refractivity contribution in [3.63, 3.8) is 0 Å². The summed E-state index contributed by atoms with van der Waals surface area (Å²) in [6.45, 7) is 5.49. The van der Waals surface area contributed by atoms with Crippen LogP contribution in [0.15, 0.2) is 42.5 Å². The summed E-state index contributed by atoms with van der Waals surface area (Å²) in [7, 11) is 1.62. The van der Waals surface area contributed by atoms with Crippen LogP contribution in [0, 0.1) is 0 Å². The number of nitrogens with one attached hydrogen (secondary N) is 3. The van der Waals surface area contributed by atoms with Gasteiger partial charge in [0.25, 0.3) is 5.91 Å². The minimum atomic E-state index is -0.332. The lowest BCUT2D eigenvalue weighted by molar-refractivity contribution is 0.0943. The molecule has 1 amide bonds. The average molecular weight is 418 g/mol. The van der Waals surface area contributed by atoms with E-state index in [0.29, 0.717) is 41.9 Å². The summed E-state index contributed by atoms with van der Waals surface area (Å²) in [5.74, 6) is 1.62. The second kappa shape index (κ2) is 11.8. The Morgan fingerprint density at radius 2 is 1.76 bits per heavy atom. The maximum Gasteiger partial charge on any atom is 0.269 e. The molecule has 0 radical (unpaired) electrons. The standard InChI is InChI=1S/C21H27N3O4S/c1-4-12-28-18-11-8-16(13-19(18)27-5-2)20(25)23-24-21(29)22-14-15-6-9-17(26-3)10-7-15/h6-11,13H,4-5,12,14H2,1-3H3,(H,23,25)(H2,22,24,29). The molecule has 8 heteroatoms. The van der Waals surface area contributed by atoms with E-state index in [2.05, 4.69) is 16.2 Å². The summed E-state index contributed by atoms with van der Waals surface area (Å²) < 4.78 is 16.4. The van der Waals surface area contributed by atoms with Crippen LogP contribution in [-0.2, 0) is 6.54 Å². The van der Waals surface area contributed by atoms with Gasteiger partial charge in [-0.25, -0.2) is 0 Å². The van der Waals surface area contributed by atoms with Crippen LogP contribution in [-0.4, -0.2) is 31.3 Å². The van der Waals surface area contributed by atoms with Gasteiger partial charge in [-0.3, -0.25) is 15.6 Å². The molecule has 2 aromatic rings. The van der Waals surface area contributed by atoms with E-state index in [9.17, 15) is 4.79 Å². The molecule has 0 spiro atoms. The fourth-order valence-electron chi connectivity index (χ4n) is 2.40. The third-order valence-corrected chi connectivity index (χ3v) is 4.12. The molecule has 29 heavy (non-hydrogen) atoms. The van der Waals surface area contributed by atoms with Crippen LogP contribution < -0.4 is 30.4 Å². The number of carbonyl (C=O) groups excluding carboxylic acids is 1. The first kappa shape index (κ1) is 22.3. The quantitative estimate of drug-likeness (QED) is 0.427. The number of hydrogen-bond acceptors (Lipinski definition) is 5. The van der Waals surface area contributed by atoms with E-state index in [1.807, 2.05) is 38.1 Å². The molecule has 0 bridgehead atoms. The first-order valence-corrected chi connectivity index (χ1v) is 9.85. The Labute approximate surface area is 176 Å². The molecule has 0 aromatic heterocycles. The van der Waals surface area contributed by atoms with Crippen LogP contribution in [0.5, 0.6) is 17.2 Å². The lowest BCUT2D eigenvalue weighted by Crippen LogP contribution is -2.46. The smallest absolute Gasteiger partial charge is 0.269 e. The van der Waals surface area contributed by atoms with Crippen molar-refractivity contribution in [3.05, 3.63) is 53.6 Å². The van der Waals surface area contributed by atoms with E-state index in [0.717, 1.165) is 17.7 Å². The molecule has 0 saturated carbocycles. The fraction of sp³-hybridized carbons (Fsp3) is 0.333. The monoisotopic (exact) mass is 417 g/mol. The lowest BCUT2D eigenvalue weighted by Gasteiger charge is -2.14. The highest BCUT2D eigenvalue weighted by Gasteiger charge is 2.12. The largest absolute Gasteiger partial charge is 0.497 e. The number of amides is 1. The molecule has 0 aliphatic rings. The highest BCUT2D eigenvalue weighted by atomic mass is 32.1. The van der Waals surface area contributed by atoms with Crippen LogP contribution in [0.3, 0.4) is 0 Å². The minimum Gasteiger partial charge on any atom is -0.497 e. The van der Waals surface area contributed by atoms with Gasteiger partial charge in [-0.1, -0.05) is 19.1 Å². The summed E-state index contributed by atoms with van der Waals surface area (Å²) >= 11 is 5.20. The van der Waals surface area contributed by atoms with E-state index in [1.54, 1.807) is 25.3 Å². The first-order valence-electron chi connectivity index (χ1n) is 9.44. The second-order valence-electron chi connectivity index (χ2n) is 6.05. The van der Waals surface area contributed by atoms with Crippen molar-refractivity contribution in [2.75, 3.05) is 20.3 Å². The van der Waals surface area contributed by atoms with E-state index in [-0.39, 0.29) is 5.91 Å². The Morgan fingerprint density at radius 1 is 1.00 bits per heavy atom. The Kier molecular flexibility index (Phi) is 9.04. The zero-order valence-electron chi connectivity index (χ0n) is 16.9. The number of thiocarbonyl (C=S) groups is 1. The molecule has 0 heterocycles. The Bertz CT molecular complexity index is 812. The number of rotatable bonds is 9. The summed E-state index contributed by atoms with van der Waals surface area (Å²) in [4.78, 5) is 12.4. The van der Waals surface area contributed by atoms with Gasteiger partial charge >= 0.3 is 0 Å². The zero-order chi connectivity index (χ0) is 21.1. The highest BCUT2D eigenvalue weighted by Crippen LogP contribution is 2.28. The zero-order valence-corrected chi connectivity index (χ0v) is 17.7. The molecule has 156 valence electrons. The summed E-state index contributed by atoms with van der Waals surface area (Å²) in [5.41, 5.74) is 6.74. The Hall–Kier alpha value is -3.00. The average Bonchev–Trinajstić information content (AvgIpc) is 2.75. The van der Waals surface area contributed by atoms with E-state index in [1.165, 1.54) is 0 Å². The molecule has 2 rings (SSSR count). The molecule has 0 saturated heterocycles. The Balaban J connectivity index is 1.86. The van der Waals surface area contributed by atoms with Gasteiger partial charge in [0.2, 0.25) is 0 Å². The predicted molar refractivity (Wildman–Crippen MR) is 116 cm³/mol. The normalized spacial score (nSPS) is 10.0. The van der Waals surface area contributed by atoms with Crippen molar-refractivity contribution >= 4 is 23.2 Å². The lowest BCUT2D eigenvalue weighted by atomic mass is 10.2. The summed E-state index contributed by atoms with van der Waals surface area (Å²) in [6, 6.07) is 12.7. The second-order valence-corrected chi connectivity index (χ2v) is 6.46. The van der Waals surface area contributed by atoms with Gasteiger partial charge in [0.15, 0.2) is 16.6 Å². The van der Waals surface area contributed by atoms with Crippen molar-refractivity contribution in [1.29, 1.82) is 0 Å². The fourth-order valence-corrected chi connectivity index (χ4v) is 2.53. The molecular weight excluding hydrogens is 390 g/mol. The summed E-state index contributed by atoms with van der Waals surface area (Å²) in [5, 5.41) is 3.33. The summed E-state index contributed by atoms with van der Waals surface area (Å²) in [6.07, 6.45) is 0.888. The molecule has 3 N–H and O–H groups in total. The van der Waals surface area contributed by atoms with Crippen molar-refractivity contribution in [3.8, 4) is 17.2 Å². The van der Waals surface area contributed by atoms with Crippen LogP contribution in [0.25, 0.3) is 0 Å². The highest BCUT2D eigenvalue weighted by molar-refractivity contribution is 7.80. The Morgan fingerprint density at radius 3 is 2.41 bits per heavy atom. The van der Waals surface area contributed by atoms with Gasteiger partial charge in [-0.2, -0.15) is 0 Å². The third kappa shape index (κ3) is 7.15. The number of hydrazine groups is 1. The van der Waals surface area contributed by atoms with E-state index < -0.39 is 0 Å². The SMILES string of the molecule is CCCOc1ccc(C(=O)NNC(=S)NCc2ccc(OC)cc2)cc1OCC. The number of methoxy groups -OCH3 is 1. The molecular formula is C21H27N3O4S. The van der Waals surface area contributed by atoms with E-state index in [4.69, 9.17) is 26.4 Å². The molecule has 0 fully saturated rings. The predicted octanol–water partition coefficient (Wildman–Crippen LogP) is 3.19. The van der Waals surface area contributed by atoms with E-state index >= 15 is 0 Å².